The molecular weight excluding hydrogens is 268 g/mol. The molecule has 106 valence electrons. The second kappa shape index (κ2) is 6.57. The number of carbonyl (C=O) groups is 1. The van der Waals surface area contributed by atoms with Gasteiger partial charge in [-0.15, -0.1) is 11.3 Å². The zero-order valence-electron chi connectivity index (χ0n) is 11.9. The second-order valence-electron chi connectivity index (χ2n) is 4.86. The Balaban J connectivity index is 2.21. The van der Waals surface area contributed by atoms with Crippen LogP contribution in [0.5, 0.6) is 0 Å². The number of aryl methyl sites for hydroxylation is 1. The van der Waals surface area contributed by atoms with E-state index in [1.807, 2.05) is 47.5 Å². The van der Waals surface area contributed by atoms with Gasteiger partial charge in [-0.2, -0.15) is 0 Å². The minimum absolute atomic E-state index is 0.0996. The fraction of sp³-hybridized carbons (Fsp3) is 0.312. The highest BCUT2D eigenvalue weighted by molar-refractivity contribution is 7.12. The summed E-state index contributed by atoms with van der Waals surface area (Å²) < 4.78 is 0. The quantitative estimate of drug-likeness (QED) is 0.853. The van der Waals surface area contributed by atoms with Crippen LogP contribution in [0.1, 0.15) is 34.1 Å². The largest absolute Gasteiger partial charge is 0.398 e. The van der Waals surface area contributed by atoms with Gasteiger partial charge >= 0.3 is 0 Å². The summed E-state index contributed by atoms with van der Waals surface area (Å²) in [5.41, 5.74) is 8.77. The molecule has 0 spiro atoms. The van der Waals surface area contributed by atoms with Crippen molar-refractivity contribution in [3.05, 3.63) is 51.7 Å². The SMILES string of the molecule is CCCN(Cc1ccccc1N)C(=O)c1sccc1C. The molecule has 0 unspecified atom stereocenters. The maximum absolute atomic E-state index is 12.6. The normalized spacial score (nSPS) is 10.5. The minimum atomic E-state index is 0.0996. The van der Waals surface area contributed by atoms with Crippen LogP contribution < -0.4 is 5.73 Å². The summed E-state index contributed by atoms with van der Waals surface area (Å²) in [7, 11) is 0. The van der Waals surface area contributed by atoms with Gasteiger partial charge in [0.15, 0.2) is 0 Å². The lowest BCUT2D eigenvalue weighted by Crippen LogP contribution is -2.31. The van der Waals surface area contributed by atoms with Crippen molar-refractivity contribution in [1.29, 1.82) is 0 Å². The third kappa shape index (κ3) is 3.20. The van der Waals surface area contributed by atoms with Crippen LogP contribution in [0.2, 0.25) is 0 Å². The standard InChI is InChI=1S/C16H20N2OS/c1-3-9-18(11-13-6-4-5-7-14(13)17)16(19)15-12(2)8-10-20-15/h4-8,10H,3,9,11,17H2,1-2H3. The average molecular weight is 288 g/mol. The molecule has 0 atom stereocenters. The molecule has 1 aromatic carbocycles. The first-order chi connectivity index (χ1) is 9.63. The van der Waals surface area contributed by atoms with Crippen molar-refractivity contribution in [2.24, 2.45) is 0 Å². The van der Waals surface area contributed by atoms with Gasteiger partial charge in [-0.25, -0.2) is 0 Å². The fourth-order valence-corrected chi connectivity index (χ4v) is 3.03. The average Bonchev–Trinajstić information content (AvgIpc) is 2.86. The Bertz CT molecular complexity index is 592. The number of nitrogens with two attached hydrogens (primary N) is 1. The number of thiophene rings is 1. The number of benzene rings is 1. The highest BCUT2D eigenvalue weighted by atomic mass is 32.1. The van der Waals surface area contributed by atoms with Gasteiger partial charge in [0.05, 0.1) is 4.88 Å². The van der Waals surface area contributed by atoms with E-state index < -0.39 is 0 Å². The molecule has 2 N–H and O–H groups in total. The zero-order valence-corrected chi connectivity index (χ0v) is 12.7. The van der Waals surface area contributed by atoms with Gasteiger partial charge in [0, 0.05) is 18.8 Å². The van der Waals surface area contributed by atoms with E-state index in [-0.39, 0.29) is 5.91 Å². The Morgan fingerprint density at radius 1 is 1.30 bits per heavy atom. The Morgan fingerprint density at radius 2 is 2.05 bits per heavy atom. The van der Waals surface area contributed by atoms with Crippen molar-refractivity contribution in [3.63, 3.8) is 0 Å². The molecule has 4 heteroatoms. The second-order valence-corrected chi connectivity index (χ2v) is 5.77. The molecule has 1 heterocycles. The number of para-hydroxylation sites is 1. The molecule has 0 aliphatic carbocycles. The first-order valence-corrected chi connectivity index (χ1v) is 7.68. The summed E-state index contributed by atoms with van der Waals surface area (Å²) in [5.74, 6) is 0.0996. The summed E-state index contributed by atoms with van der Waals surface area (Å²) in [5, 5.41) is 1.96. The van der Waals surface area contributed by atoms with Crippen LogP contribution in [0.3, 0.4) is 0 Å². The predicted molar refractivity (Wildman–Crippen MR) is 84.9 cm³/mol. The number of nitrogen functional groups attached to an aromatic ring is 1. The molecule has 1 aromatic heterocycles. The van der Waals surface area contributed by atoms with Crippen molar-refractivity contribution < 1.29 is 4.79 Å². The van der Waals surface area contributed by atoms with Gasteiger partial charge in [-0.05, 0) is 42.0 Å². The van der Waals surface area contributed by atoms with E-state index in [4.69, 9.17) is 5.73 Å². The lowest BCUT2D eigenvalue weighted by molar-refractivity contribution is 0.0748. The number of nitrogens with zero attached hydrogens (tertiary/aromatic N) is 1. The van der Waals surface area contributed by atoms with Crippen LogP contribution in [-0.2, 0) is 6.54 Å². The maximum atomic E-state index is 12.6. The molecule has 0 saturated carbocycles. The van der Waals surface area contributed by atoms with Crippen LogP contribution in [0, 0.1) is 6.92 Å². The summed E-state index contributed by atoms with van der Waals surface area (Å²) in [6.07, 6.45) is 0.933. The molecule has 0 aliphatic rings. The van der Waals surface area contributed by atoms with E-state index in [2.05, 4.69) is 6.92 Å². The Kier molecular flexibility index (Phi) is 4.79. The zero-order chi connectivity index (χ0) is 14.5. The van der Waals surface area contributed by atoms with Crippen molar-refractivity contribution in [2.75, 3.05) is 12.3 Å². The molecule has 0 aliphatic heterocycles. The molecular formula is C16H20N2OS. The predicted octanol–water partition coefficient (Wildman–Crippen LogP) is 3.69. The topological polar surface area (TPSA) is 46.3 Å². The Labute approximate surface area is 124 Å². The van der Waals surface area contributed by atoms with E-state index >= 15 is 0 Å². The van der Waals surface area contributed by atoms with E-state index in [1.54, 1.807) is 0 Å². The van der Waals surface area contributed by atoms with Gasteiger partial charge in [0.25, 0.3) is 5.91 Å². The number of amides is 1. The minimum Gasteiger partial charge on any atom is -0.398 e. The summed E-state index contributed by atoms with van der Waals surface area (Å²) in [4.78, 5) is 15.3. The monoisotopic (exact) mass is 288 g/mol. The summed E-state index contributed by atoms with van der Waals surface area (Å²) in [6.45, 7) is 5.36. The lowest BCUT2D eigenvalue weighted by atomic mass is 10.1. The smallest absolute Gasteiger partial charge is 0.264 e. The molecule has 0 saturated heterocycles. The van der Waals surface area contributed by atoms with Gasteiger partial charge in [0.1, 0.15) is 0 Å². The van der Waals surface area contributed by atoms with Crippen molar-refractivity contribution >= 4 is 22.9 Å². The molecule has 2 aromatic rings. The molecule has 1 amide bonds. The Hall–Kier alpha value is -1.81. The molecule has 3 nitrogen and oxygen atoms in total. The molecule has 2 rings (SSSR count). The Morgan fingerprint density at radius 3 is 2.65 bits per heavy atom. The van der Waals surface area contributed by atoms with Crippen LogP contribution in [-0.4, -0.2) is 17.4 Å². The van der Waals surface area contributed by atoms with Gasteiger partial charge in [0.2, 0.25) is 0 Å². The molecule has 0 radical (unpaired) electrons. The van der Waals surface area contributed by atoms with Crippen molar-refractivity contribution in [1.82, 2.24) is 4.90 Å². The van der Waals surface area contributed by atoms with Crippen molar-refractivity contribution in [3.8, 4) is 0 Å². The lowest BCUT2D eigenvalue weighted by Gasteiger charge is -2.22. The highest BCUT2D eigenvalue weighted by Crippen LogP contribution is 2.21. The first kappa shape index (κ1) is 14.6. The van der Waals surface area contributed by atoms with E-state index in [1.165, 1.54) is 11.3 Å². The maximum Gasteiger partial charge on any atom is 0.264 e. The van der Waals surface area contributed by atoms with Crippen LogP contribution in [0.4, 0.5) is 5.69 Å². The highest BCUT2D eigenvalue weighted by Gasteiger charge is 2.19. The van der Waals surface area contributed by atoms with Gasteiger partial charge in [-0.1, -0.05) is 25.1 Å². The van der Waals surface area contributed by atoms with Crippen LogP contribution in [0.15, 0.2) is 35.7 Å². The fourth-order valence-electron chi connectivity index (χ4n) is 2.14. The summed E-state index contributed by atoms with van der Waals surface area (Å²) in [6, 6.07) is 9.71. The molecule has 0 bridgehead atoms. The molecule has 20 heavy (non-hydrogen) atoms. The number of carbonyl (C=O) groups excluding carboxylic acids is 1. The molecule has 0 fully saturated rings. The third-order valence-corrected chi connectivity index (χ3v) is 4.26. The number of hydrogen-bond donors (Lipinski definition) is 1. The van der Waals surface area contributed by atoms with E-state index in [0.29, 0.717) is 6.54 Å². The van der Waals surface area contributed by atoms with Crippen LogP contribution in [0.25, 0.3) is 0 Å². The van der Waals surface area contributed by atoms with E-state index in [0.717, 1.165) is 34.7 Å². The summed E-state index contributed by atoms with van der Waals surface area (Å²) >= 11 is 1.50. The third-order valence-electron chi connectivity index (χ3n) is 3.25. The number of hydrogen-bond acceptors (Lipinski definition) is 3. The van der Waals surface area contributed by atoms with E-state index in [9.17, 15) is 4.79 Å². The first-order valence-electron chi connectivity index (χ1n) is 6.80. The van der Waals surface area contributed by atoms with Gasteiger partial charge < -0.3 is 10.6 Å². The van der Waals surface area contributed by atoms with Gasteiger partial charge in [-0.3, -0.25) is 4.79 Å². The van der Waals surface area contributed by atoms with Crippen molar-refractivity contribution in [2.45, 2.75) is 26.8 Å². The number of anilines is 1. The van der Waals surface area contributed by atoms with Crippen LogP contribution >= 0.6 is 11.3 Å². The number of rotatable bonds is 5.